The Morgan fingerprint density at radius 1 is 0.792 bits per heavy atom. The molecule has 0 amide bonds. The maximum atomic E-state index is 12.2. The Hall–Kier alpha value is -1.06. The largest absolute Gasteiger partial charge is 0.463 e. The van der Waals surface area contributed by atoms with Crippen LogP contribution in [0.25, 0.3) is 0 Å². The maximum absolute atomic E-state index is 12.2. The van der Waals surface area contributed by atoms with Crippen molar-refractivity contribution in [2.24, 2.45) is 5.92 Å². The molecule has 0 bridgehead atoms. The average molecular weight is 343 g/mol. The molecule has 0 aliphatic carbocycles. The number of carbonyl (C=O) groups is 2. The first-order chi connectivity index (χ1) is 11.4. The summed E-state index contributed by atoms with van der Waals surface area (Å²) in [4.78, 5) is 23.9. The standard InChI is InChI=1S/C20H38O4/c1-6-9-13-18(20(22)24-17(5)8-3)14-11-10-12-15-19(21)23-16(4)7-2/h16-18H,6-15H2,1-5H3. The molecule has 3 unspecified atom stereocenters. The second kappa shape index (κ2) is 14.3. The van der Waals surface area contributed by atoms with Gasteiger partial charge in [0, 0.05) is 6.42 Å². The maximum Gasteiger partial charge on any atom is 0.309 e. The van der Waals surface area contributed by atoms with Crippen LogP contribution < -0.4 is 0 Å². The van der Waals surface area contributed by atoms with Gasteiger partial charge in [-0.25, -0.2) is 0 Å². The van der Waals surface area contributed by atoms with Crippen LogP contribution in [-0.2, 0) is 19.1 Å². The van der Waals surface area contributed by atoms with E-state index in [9.17, 15) is 9.59 Å². The van der Waals surface area contributed by atoms with Gasteiger partial charge in [0.2, 0.25) is 0 Å². The van der Waals surface area contributed by atoms with E-state index in [4.69, 9.17) is 9.47 Å². The molecule has 24 heavy (non-hydrogen) atoms. The van der Waals surface area contributed by atoms with E-state index in [1.54, 1.807) is 0 Å². The monoisotopic (exact) mass is 342 g/mol. The van der Waals surface area contributed by atoms with E-state index in [1.807, 2.05) is 27.7 Å². The lowest BCUT2D eigenvalue weighted by Gasteiger charge is -2.18. The molecule has 3 atom stereocenters. The molecule has 0 aromatic heterocycles. The van der Waals surface area contributed by atoms with Crippen molar-refractivity contribution in [1.29, 1.82) is 0 Å². The van der Waals surface area contributed by atoms with Gasteiger partial charge in [0.25, 0.3) is 0 Å². The molecule has 0 aliphatic heterocycles. The van der Waals surface area contributed by atoms with Gasteiger partial charge in [-0.1, -0.05) is 46.5 Å². The summed E-state index contributed by atoms with van der Waals surface area (Å²) in [5.74, 6) is -0.150. The van der Waals surface area contributed by atoms with Crippen LogP contribution in [0.2, 0.25) is 0 Å². The minimum Gasteiger partial charge on any atom is -0.463 e. The van der Waals surface area contributed by atoms with Crippen LogP contribution in [0, 0.1) is 5.92 Å². The molecule has 0 saturated heterocycles. The van der Waals surface area contributed by atoms with Crippen LogP contribution in [0.1, 0.15) is 98.8 Å². The summed E-state index contributed by atoms with van der Waals surface area (Å²) in [6.45, 7) is 10.0. The smallest absolute Gasteiger partial charge is 0.309 e. The van der Waals surface area contributed by atoms with Crippen molar-refractivity contribution in [3.63, 3.8) is 0 Å². The van der Waals surface area contributed by atoms with Gasteiger partial charge < -0.3 is 9.47 Å². The van der Waals surface area contributed by atoms with Crippen molar-refractivity contribution in [3.8, 4) is 0 Å². The molecule has 0 radical (unpaired) electrons. The summed E-state index contributed by atoms with van der Waals surface area (Å²) < 4.78 is 10.8. The first-order valence-corrected chi connectivity index (χ1v) is 9.84. The first kappa shape index (κ1) is 22.9. The van der Waals surface area contributed by atoms with E-state index in [-0.39, 0.29) is 30.1 Å². The van der Waals surface area contributed by atoms with Gasteiger partial charge in [0.05, 0.1) is 18.1 Å². The predicted octanol–water partition coefficient (Wildman–Crippen LogP) is 5.43. The Bertz CT molecular complexity index is 341. The Balaban J connectivity index is 4.05. The fourth-order valence-corrected chi connectivity index (χ4v) is 2.41. The SMILES string of the molecule is CCCCC(CCCCCC(=O)OC(C)CC)C(=O)OC(C)CC. The second-order valence-corrected chi connectivity index (χ2v) is 6.80. The topological polar surface area (TPSA) is 52.6 Å². The van der Waals surface area contributed by atoms with Crippen LogP contribution in [0.15, 0.2) is 0 Å². The zero-order chi connectivity index (χ0) is 18.4. The van der Waals surface area contributed by atoms with Gasteiger partial charge in [-0.05, 0) is 46.0 Å². The number of rotatable bonds is 14. The molecule has 0 aromatic rings. The van der Waals surface area contributed by atoms with Crippen LogP contribution in [0.5, 0.6) is 0 Å². The van der Waals surface area contributed by atoms with Gasteiger partial charge in [-0.2, -0.15) is 0 Å². The van der Waals surface area contributed by atoms with E-state index in [0.29, 0.717) is 6.42 Å². The zero-order valence-electron chi connectivity index (χ0n) is 16.4. The Morgan fingerprint density at radius 2 is 1.38 bits per heavy atom. The van der Waals surface area contributed by atoms with Crippen molar-refractivity contribution in [2.75, 3.05) is 0 Å². The lowest BCUT2D eigenvalue weighted by Crippen LogP contribution is -2.22. The fraction of sp³-hybridized carbons (Fsp3) is 0.900. The molecule has 0 saturated carbocycles. The summed E-state index contributed by atoms with van der Waals surface area (Å²) >= 11 is 0. The molecule has 0 aromatic carbocycles. The van der Waals surface area contributed by atoms with Crippen molar-refractivity contribution in [1.82, 2.24) is 0 Å². The number of hydrogen-bond acceptors (Lipinski definition) is 4. The van der Waals surface area contributed by atoms with Crippen molar-refractivity contribution < 1.29 is 19.1 Å². The number of ether oxygens (including phenoxy) is 2. The highest BCUT2D eigenvalue weighted by atomic mass is 16.5. The van der Waals surface area contributed by atoms with Crippen LogP contribution in [-0.4, -0.2) is 24.1 Å². The van der Waals surface area contributed by atoms with Crippen LogP contribution >= 0.6 is 0 Å². The molecule has 0 spiro atoms. The Morgan fingerprint density at radius 3 is 1.96 bits per heavy atom. The van der Waals surface area contributed by atoms with Crippen LogP contribution in [0.3, 0.4) is 0 Å². The van der Waals surface area contributed by atoms with E-state index < -0.39 is 0 Å². The van der Waals surface area contributed by atoms with Gasteiger partial charge >= 0.3 is 11.9 Å². The van der Waals surface area contributed by atoms with Gasteiger partial charge in [-0.15, -0.1) is 0 Å². The zero-order valence-corrected chi connectivity index (χ0v) is 16.4. The quantitative estimate of drug-likeness (QED) is 0.312. The van der Waals surface area contributed by atoms with E-state index >= 15 is 0 Å². The molecule has 0 aliphatic rings. The summed E-state index contributed by atoms with van der Waals surface area (Å²) in [6, 6.07) is 0. The second-order valence-electron chi connectivity index (χ2n) is 6.80. The third-order valence-electron chi connectivity index (χ3n) is 4.47. The van der Waals surface area contributed by atoms with Crippen molar-refractivity contribution in [3.05, 3.63) is 0 Å². The van der Waals surface area contributed by atoms with E-state index in [0.717, 1.165) is 57.8 Å². The van der Waals surface area contributed by atoms with Gasteiger partial charge in [-0.3, -0.25) is 9.59 Å². The molecule has 0 fully saturated rings. The summed E-state index contributed by atoms with van der Waals surface area (Å²) in [7, 11) is 0. The minimum atomic E-state index is -0.108. The van der Waals surface area contributed by atoms with E-state index in [1.165, 1.54) is 0 Å². The fourth-order valence-electron chi connectivity index (χ4n) is 2.41. The highest BCUT2D eigenvalue weighted by molar-refractivity contribution is 5.72. The van der Waals surface area contributed by atoms with Gasteiger partial charge in [0.15, 0.2) is 0 Å². The number of esters is 2. The summed E-state index contributed by atoms with van der Waals surface area (Å²) in [5, 5.41) is 0. The van der Waals surface area contributed by atoms with Crippen molar-refractivity contribution in [2.45, 2.75) is 111 Å². The molecule has 0 heterocycles. The lowest BCUT2D eigenvalue weighted by molar-refractivity contribution is -0.154. The molecule has 4 nitrogen and oxygen atoms in total. The third kappa shape index (κ3) is 11.5. The summed E-state index contributed by atoms with van der Waals surface area (Å²) in [5.41, 5.74) is 0. The molecular formula is C20H38O4. The molecule has 4 heteroatoms. The number of unbranched alkanes of at least 4 members (excludes halogenated alkanes) is 3. The van der Waals surface area contributed by atoms with Gasteiger partial charge in [0.1, 0.15) is 0 Å². The van der Waals surface area contributed by atoms with Crippen molar-refractivity contribution >= 4 is 11.9 Å². The predicted molar refractivity (Wildman–Crippen MR) is 97.8 cm³/mol. The Kier molecular flexibility index (Phi) is 13.7. The highest BCUT2D eigenvalue weighted by Gasteiger charge is 2.20. The lowest BCUT2D eigenvalue weighted by atomic mass is 9.95. The molecule has 0 N–H and O–H groups in total. The molecule has 142 valence electrons. The molecule has 0 rings (SSSR count). The highest BCUT2D eigenvalue weighted by Crippen LogP contribution is 2.20. The third-order valence-corrected chi connectivity index (χ3v) is 4.47. The van der Waals surface area contributed by atoms with E-state index in [2.05, 4.69) is 6.92 Å². The number of carbonyl (C=O) groups excluding carboxylic acids is 2. The summed E-state index contributed by atoms with van der Waals surface area (Å²) in [6.07, 6.45) is 8.83. The first-order valence-electron chi connectivity index (χ1n) is 9.84. The minimum absolute atomic E-state index is 0.00282. The normalized spacial score (nSPS) is 14.7. The average Bonchev–Trinajstić information content (AvgIpc) is 2.56. The number of hydrogen-bond donors (Lipinski definition) is 0. The molecular weight excluding hydrogens is 304 g/mol. The Labute approximate surface area is 148 Å². The van der Waals surface area contributed by atoms with Crippen LogP contribution in [0.4, 0.5) is 0 Å².